The molecule has 6 heteroatoms. The summed E-state index contributed by atoms with van der Waals surface area (Å²) in [5.41, 5.74) is 16.3. The molecule has 0 aliphatic rings. The minimum Gasteiger partial charge on any atom is -0.389 e. The van der Waals surface area contributed by atoms with Crippen LogP contribution >= 0.6 is 0 Å². The van der Waals surface area contributed by atoms with E-state index in [1.807, 2.05) is 12.1 Å². The Morgan fingerprint density at radius 1 is 1.06 bits per heavy atom. The van der Waals surface area contributed by atoms with Gasteiger partial charge in [0, 0.05) is 47.0 Å². The number of allylic oxidation sites excluding steroid dienone is 2. The highest BCUT2D eigenvalue weighted by Crippen LogP contribution is 2.38. The number of nitrogens with one attached hydrogen (secondary N) is 1. The molecule has 0 saturated heterocycles. The van der Waals surface area contributed by atoms with Gasteiger partial charge in [0.05, 0.1) is 0 Å². The van der Waals surface area contributed by atoms with Crippen molar-refractivity contribution in [2.45, 2.75) is 58.4 Å². The van der Waals surface area contributed by atoms with E-state index in [9.17, 15) is 4.39 Å². The summed E-state index contributed by atoms with van der Waals surface area (Å²) in [7, 11) is 0. The van der Waals surface area contributed by atoms with Crippen LogP contribution in [0.1, 0.15) is 64.1 Å². The third-order valence-electron chi connectivity index (χ3n) is 6.23. The predicted octanol–water partition coefficient (Wildman–Crippen LogP) is 6.76. The van der Waals surface area contributed by atoms with Gasteiger partial charge in [-0.2, -0.15) is 0 Å². The monoisotopic (exact) mass is 489 g/mol. The molecule has 0 radical (unpaired) electrons. The fraction of sp³-hybridized carbons (Fsp3) is 0.367. The molecule has 5 N–H and O–H groups in total. The molecule has 0 spiro atoms. The van der Waals surface area contributed by atoms with Gasteiger partial charge in [0.25, 0.3) is 0 Å². The normalized spacial score (nSPS) is 11.4. The van der Waals surface area contributed by atoms with E-state index in [0.717, 1.165) is 61.9 Å². The molecule has 3 aromatic rings. The molecule has 192 valence electrons. The first-order valence-electron chi connectivity index (χ1n) is 12.9. The third-order valence-corrected chi connectivity index (χ3v) is 6.23. The minimum atomic E-state index is -0.217. The summed E-state index contributed by atoms with van der Waals surface area (Å²) >= 11 is 0. The molecule has 0 atom stereocenters. The fourth-order valence-corrected chi connectivity index (χ4v) is 4.52. The molecule has 0 fully saturated rings. The van der Waals surface area contributed by atoms with E-state index in [2.05, 4.69) is 71.7 Å². The van der Waals surface area contributed by atoms with Crippen molar-refractivity contribution >= 4 is 22.9 Å². The lowest BCUT2D eigenvalue weighted by Crippen LogP contribution is -2.23. The summed E-state index contributed by atoms with van der Waals surface area (Å²) in [5.74, 6) is -0.0655. The number of guanidine groups is 1. The average molecular weight is 490 g/mol. The molecule has 1 heterocycles. The van der Waals surface area contributed by atoms with Crippen LogP contribution in [0, 0.1) is 5.82 Å². The number of unbranched alkanes of at least 4 members (excludes halogenated alkanes) is 3. The maximum absolute atomic E-state index is 13.6. The van der Waals surface area contributed by atoms with Gasteiger partial charge >= 0.3 is 0 Å². The standard InChI is InChI=1S/C30H40FN5/c1-22(2)36-27-14-9-8-13-26(27)29(24-16-18-25(31)19-17-24)28(36)15-7-5-4-6-12-23(3)34-20-10-11-21-35-30(32)33/h7-9,13-19,22,34H,3-6,10-12,20-21H2,1-2H3,(H4,32,33,35)/b15-7+. The van der Waals surface area contributed by atoms with Crippen molar-refractivity contribution in [3.8, 4) is 11.1 Å². The van der Waals surface area contributed by atoms with Crippen molar-refractivity contribution in [2.24, 2.45) is 16.5 Å². The van der Waals surface area contributed by atoms with Crippen molar-refractivity contribution in [3.05, 3.63) is 78.4 Å². The van der Waals surface area contributed by atoms with Crippen LogP contribution in [-0.4, -0.2) is 23.6 Å². The van der Waals surface area contributed by atoms with Crippen LogP contribution < -0.4 is 16.8 Å². The number of nitrogens with two attached hydrogens (primary N) is 2. The first-order valence-corrected chi connectivity index (χ1v) is 12.9. The van der Waals surface area contributed by atoms with Crippen molar-refractivity contribution in [3.63, 3.8) is 0 Å². The van der Waals surface area contributed by atoms with Gasteiger partial charge in [0.15, 0.2) is 5.96 Å². The van der Waals surface area contributed by atoms with Gasteiger partial charge in [-0.25, -0.2) is 4.39 Å². The maximum atomic E-state index is 13.6. The van der Waals surface area contributed by atoms with Crippen LogP contribution in [0.3, 0.4) is 0 Å². The van der Waals surface area contributed by atoms with Crippen molar-refractivity contribution < 1.29 is 4.39 Å². The van der Waals surface area contributed by atoms with E-state index in [0.29, 0.717) is 12.6 Å². The van der Waals surface area contributed by atoms with Gasteiger partial charge in [-0.1, -0.05) is 43.0 Å². The summed E-state index contributed by atoms with van der Waals surface area (Å²) in [5, 5.41) is 4.59. The second-order valence-electron chi connectivity index (χ2n) is 9.44. The van der Waals surface area contributed by atoms with E-state index in [1.54, 1.807) is 0 Å². The number of para-hydroxylation sites is 1. The minimum absolute atomic E-state index is 0.152. The number of fused-ring (bicyclic) bond motifs is 1. The number of halogens is 1. The highest BCUT2D eigenvalue weighted by atomic mass is 19.1. The highest BCUT2D eigenvalue weighted by molar-refractivity contribution is 6.01. The number of aliphatic imine (C=N–C) groups is 1. The lowest BCUT2D eigenvalue weighted by molar-refractivity contribution is 0.618. The zero-order valence-electron chi connectivity index (χ0n) is 21.6. The second-order valence-corrected chi connectivity index (χ2v) is 9.44. The summed E-state index contributed by atoms with van der Waals surface area (Å²) in [6, 6.07) is 15.6. The van der Waals surface area contributed by atoms with Crippen molar-refractivity contribution in [2.75, 3.05) is 13.1 Å². The molecule has 2 aromatic carbocycles. The van der Waals surface area contributed by atoms with Gasteiger partial charge in [-0.3, -0.25) is 4.99 Å². The first kappa shape index (κ1) is 27.1. The third kappa shape index (κ3) is 7.48. The Hall–Kier alpha value is -3.54. The topological polar surface area (TPSA) is 81.4 Å². The quantitative estimate of drug-likeness (QED) is 0.133. The van der Waals surface area contributed by atoms with Crippen LogP contribution in [0.5, 0.6) is 0 Å². The van der Waals surface area contributed by atoms with Gasteiger partial charge in [-0.15, -0.1) is 0 Å². The number of hydrogen-bond donors (Lipinski definition) is 3. The molecular weight excluding hydrogens is 449 g/mol. The van der Waals surface area contributed by atoms with E-state index in [4.69, 9.17) is 11.5 Å². The zero-order chi connectivity index (χ0) is 25.9. The van der Waals surface area contributed by atoms with Gasteiger partial charge in [0.2, 0.25) is 0 Å². The molecule has 0 aliphatic carbocycles. The molecule has 0 bridgehead atoms. The molecule has 0 saturated carbocycles. The number of aromatic nitrogens is 1. The second kappa shape index (κ2) is 13.5. The highest BCUT2D eigenvalue weighted by Gasteiger charge is 2.18. The van der Waals surface area contributed by atoms with Crippen LogP contribution in [0.2, 0.25) is 0 Å². The Bertz CT molecular complexity index is 1180. The predicted molar refractivity (Wildman–Crippen MR) is 152 cm³/mol. The fourth-order valence-electron chi connectivity index (χ4n) is 4.52. The summed E-state index contributed by atoms with van der Waals surface area (Å²) in [4.78, 5) is 3.99. The van der Waals surface area contributed by atoms with E-state index in [-0.39, 0.29) is 11.8 Å². The van der Waals surface area contributed by atoms with Crippen molar-refractivity contribution in [1.29, 1.82) is 0 Å². The van der Waals surface area contributed by atoms with E-state index < -0.39 is 0 Å². The number of nitrogens with zero attached hydrogens (tertiary/aromatic N) is 2. The molecule has 0 amide bonds. The van der Waals surface area contributed by atoms with Crippen molar-refractivity contribution in [1.82, 2.24) is 9.88 Å². The number of rotatable bonds is 14. The molecular formula is C30H40FN5. The Balaban J connectivity index is 1.59. The smallest absolute Gasteiger partial charge is 0.185 e. The molecule has 1 aromatic heterocycles. The van der Waals surface area contributed by atoms with E-state index >= 15 is 0 Å². The molecule has 5 nitrogen and oxygen atoms in total. The van der Waals surface area contributed by atoms with Crippen LogP contribution in [0.25, 0.3) is 28.1 Å². The number of hydrogen-bond acceptors (Lipinski definition) is 2. The van der Waals surface area contributed by atoms with E-state index in [1.165, 1.54) is 28.7 Å². The van der Waals surface area contributed by atoms with Crippen LogP contribution in [0.15, 0.2) is 71.9 Å². The molecule has 0 unspecified atom stereocenters. The molecule has 0 aliphatic heterocycles. The lowest BCUT2D eigenvalue weighted by atomic mass is 10.0. The van der Waals surface area contributed by atoms with Gasteiger partial charge < -0.3 is 21.4 Å². The average Bonchev–Trinajstić information content (AvgIpc) is 3.18. The lowest BCUT2D eigenvalue weighted by Gasteiger charge is -2.14. The summed E-state index contributed by atoms with van der Waals surface area (Å²) in [6.45, 7) is 10.1. The maximum Gasteiger partial charge on any atom is 0.185 e. The molecule has 36 heavy (non-hydrogen) atoms. The molecule has 3 rings (SSSR count). The van der Waals surface area contributed by atoms with Crippen LogP contribution in [0.4, 0.5) is 4.39 Å². The van der Waals surface area contributed by atoms with Gasteiger partial charge in [-0.05, 0) is 82.2 Å². The summed E-state index contributed by atoms with van der Waals surface area (Å²) in [6.07, 6.45) is 10.6. The van der Waals surface area contributed by atoms with Crippen LogP contribution in [-0.2, 0) is 0 Å². The Kier molecular flexibility index (Phi) is 10.2. The Morgan fingerprint density at radius 2 is 1.81 bits per heavy atom. The number of benzene rings is 2. The largest absolute Gasteiger partial charge is 0.389 e. The first-order chi connectivity index (χ1) is 17.4. The SMILES string of the molecule is C=C(CCCC/C=C/c1c(-c2ccc(F)cc2)c2ccccc2n1C(C)C)NCCCCN=C(N)N. The van der Waals surface area contributed by atoms with Gasteiger partial charge in [0.1, 0.15) is 5.82 Å². The summed E-state index contributed by atoms with van der Waals surface area (Å²) < 4.78 is 16.0. The Labute approximate surface area is 214 Å². The Morgan fingerprint density at radius 3 is 2.53 bits per heavy atom. The zero-order valence-corrected chi connectivity index (χ0v) is 21.6.